The van der Waals surface area contributed by atoms with Crippen molar-refractivity contribution in [3.63, 3.8) is 0 Å². The molecule has 0 bridgehead atoms. The molecule has 1 aromatic heterocycles. The van der Waals surface area contributed by atoms with Gasteiger partial charge in [-0.3, -0.25) is 9.78 Å². The van der Waals surface area contributed by atoms with Crippen LogP contribution in [0.25, 0.3) is 0 Å². The van der Waals surface area contributed by atoms with E-state index >= 15 is 0 Å². The summed E-state index contributed by atoms with van der Waals surface area (Å²) in [5.41, 5.74) is 3.06. The van der Waals surface area contributed by atoms with Gasteiger partial charge in [0.2, 0.25) is 0 Å². The second-order valence-corrected chi connectivity index (χ2v) is 6.01. The normalized spacial score (nSPS) is 10.2. The van der Waals surface area contributed by atoms with Gasteiger partial charge in [0.1, 0.15) is 5.69 Å². The van der Waals surface area contributed by atoms with Crippen molar-refractivity contribution in [1.29, 1.82) is 0 Å². The summed E-state index contributed by atoms with van der Waals surface area (Å²) in [7, 11) is 1.31. The van der Waals surface area contributed by atoms with Crippen LogP contribution in [0.4, 0.5) is 17.1 Å². The van der Waals surface area contributed by atoms with Gasteiger partial charge in [-0.1, -0.05) is 24.3 Å². The lowest BCUT2D eigenvalue weighted by Gasteiger charge is -2.23. The van der Waals surface area contributed by atoms with E-state index in [4.69, 9.17) is 4.74 Å². The summed E-state index contributed by atoms with van der Waals surface area (Å²) in [4.78, 5) is 30.6. The molecule has 0 saturated heterocycles. The van der Waals surface area contributed by atoms with Crippen LogP contribution in [0, 0.1) is 0 Å². The molecular formula is C22H21N3O3. The fraction of sp³-hybridized carbons (Fsp3) is 0.136. The minimum absolute atomic E-state index is 0.287. The van der Waals surface area contributed by atoms with Crippen molar-refractivity contribution in [3.8, 4) is 0 Å². The van der Waals surface area contributed by atoms with E-state index in [1.807, 2.05) is 43.3 Å². The molecule has 0 aliphatic heterocycles. The maximum Gasteiger partial charge on any atom is 0.337 e. The van der Waals surface area contributed by atoms with Crippen LogP contribution in [-0.2, 0) is 4.74 Å². The van der Waals surface area contributed by atoms with Crippen molar-refractivity contribution in [3.05, 3.63) is 84.2 Å². The molecule has 0 saturated carbocycles. The Hall–Kier alpha value is -3.67. The lowest BCUT2D eigenvalue weighted by Crippen LogP contribution is -2.18. The summed E-state index contributed by atoms with van der Waals surface area (Å²) in [6, 6.07) is 20.1. The highest BCUT2D eigenvalue weighted by Crippen LogP contribution is 2.25. The number of ether oxygens (including phenoxy) is 1. The summed E-state index contributed by atoms with van der Waals surface area (Å²) in [6.07, 6.45) is 1.61. The lowest BCUT2D eigenvalue weighted by atomic mass is 10.2. The van der Waals surface area contributed by atoms with Crippen LogP contribution in [0.1, 0.15) is 27.8 Å². The zero-order chi connectivity index (χ0) is 19.9. The summed E-state index contributed by atoms with van der Waals surface area (Å²) < 4.78 is 4.71. The van der Waals surface area contributed by atoms with E-state index in [-0.39, 0.29) is 11.6 Å². The summed E-state index contributed by atoms with van der Waals surface area (Å²) >= 11 is 0. The van der Waals surface area contributed by atoms with E-state index in [1.54, 1.807) is 36.5 Å². The molecule has 0 spiro atoms. The van der Waals surface area contributed by atoms with Crippen LogP contribution in [0.15, 0.2) is 72.9 Å². The molecule has 1 amide bonds. The van der Waals surface area contributed by atoms with Crippen molar-refractivity contribution in [2.24, 2.45) is 0 Å². The van der Waals surface area contributed by atoms with Crippen molar-refractivity contribution in [2.75, 3.05) is 23.9 Å². The Balaban J connectivity index is 1.82. The van der Waals surface area contributed by atoms with E-state index in [2.05, 4.69) is 15.2 Å². The van der Waals surface area contributed by atoms with Gasteiger partial charge in [-0.15, -0.1) is 0 Å². The topological polar surface area (TPSA) is 71.5 Å². The molecule has 28 heavy (non-hydrogen) atoms. The Kier molecular flexibility index (Phi) is 6.01. The average molecular weight is 375 g/mol. The predicted octanol–water partition coefficient (Wildman–Crippen LogP) is 4.28. The molecule has 0 fully saturated rings. The maximum atomic E-state index is 12.7. The zero-order valence-electron chi connectivity index (χ0n) is 15.8. The Morgan fingerprint density at radius 2 is 1.79 bits per heavy atom. The molecule has 0 radical (unpaired) electrons. The molecule has 0 unspecified atom stereocenters. The number of benzene rings is 2. The number of anilines is 3. The minimum atomic E-state index is -0.460. The quantitative estimate of drug-likeness (QED) is 0.651. The van der Waals surface area contributed by atoms with Gasteiger partial charge in [-0.25, -0.2) is 4.79 Å². The van der Waals surface area contributed by atoms with Gasteiger partial charge in [-0.2, -0.15) is 0 Å². The number of methoxy groups -OCH3 is 1. The zero-order valence-corrected chi connectivity index (χ0v) is 15.8. The number of nitrogens with zero attached hydrogens (tertiary/aromatic N) is 2. The first-order chi connectivity index (χ1) is 13.6. The molecule has 3 rings (SSSR count). The third-order valence-electron chi connectivity index (χ3n) is 4.21. The Bertz CT molecular complexity index is 974. The third-order valence-corrected chi connectivity index (χ3v) is 4.21. The number of hydrogen-bond donors (Lipinski definition) is 1. The molecule has 6 nitrogen and oxygen atoms in total. The number of para-hydroxylation sites is 1. The number of aromatic nitrogens is 1. The number of carbonyl (C=O) groups is 2. The Labute approximate surface area is 163 Å². The largest absolute Gasteiger partial charge is 0.465 e. The number of amides is 1. The monoisotopic (exact) mass is 375 g/mol. The van der Waals surface area contributed by atoms with Gasteiger partial charge < -0.3 is 15.0 Å². The third kappa shape index (κ3) is 4.35. The van der Waals surface area contributed by atoms with Crippen molar-refractivity contribution < 1.29 is 14.3 Å². The van der Waals surface area contributed by atoms with Gasteiger partial charge >= 0.3 is 5.97 Å². The smallest absolute Gasteiger partial charge is 0.337 e. The molecule has 1 N–H and O–H groups in total. The Morgan fingerprint density at radius 3 is 2.50 bits per heavy atom. The van der Waals surface area contributed by atoms with Crippen LogP contribution < -0.4 is 10.2 Å². The molecule has 6 heteroatoms. The minimum Gasteiger partial charge on any atom is -0.465 e. The van der Waals surface area contributed by atoms with E-state index in [1.165, 1.54) is 7.11 Å². The van der Waals surface area contributed by atoms with Gasteiger partial charge in [0.25, 0.3) is 5.91 Å². The van der Waals surface area contributed by atoms with Gasteiger partial charge in [0.15, 0.2) is 0 Å². The van der Waals surface area contributed by atoms with E-state index in [0.29, 0.717) is 11.3 Å². The second kappa shape index (κ2) is 8.81. The van der Waals surface area contributed by atoms with Gasteiger partial charge in [0, 0.05) is 29.8 Å². The molecule has 1 heterocycles. The number of esters is 1. The number of carbonyl (C=O) groups excluding carboxylic acids is 2. The first kappa shape index (κ1) is 19.1. The van der Waals surface area contributed by atoms with Crippen LogP contribution in [0.3, 0.4) is 0 Å². The van der Waals surface area contributed by atoms with Gasteiger partial charge in [-0.05, 0) is 49.4 Å². The highest BCUT2D eigenvalue weighted by Gasteiger charge is 2.13. The average Bonchev–Trinajstić information content (AvgIpc) is 2.75. The Morgan fingerprint density at radius 1 is 1.00 bits per heavy atom. The predicted molar refractivity (Wildman–Crippen MR) is 109 cm³/mol. The molecule has 3 aromatic rings. The van der Waals surface area contributed by atoms with Crippen LogP contribution in [0.5, 0.6) is 0 Å². The first-order valence-corrected chi connectivity index (χ1v) is 8.90. The highest BCUT2D eigenvalue weighted by molar-refractivity contribution is 6.04. The molecule has 0 aliphatic rings. The maximum absolute atomic E-state index is 12.7. The van der Waals surface area contributed by atoms with Crippen LogP contribution >= 0.6 is 0 Å². The standard InChI is InChI=1S/C22H21N3O3/c1-3-25(18-10-5-4-6-11-18)19-12-13-23-20(15-19)21(26)24-17-9-7-8-16(14-17)22(27)28-2/h4-15H,3H2,1-2H3,(H,24,26). The van der Waals surface area contributed by atoms with E-state index in [9.17, 15) is 9.59 Å². The summed E-state index contributed by atoms with van der Waals surface area (Å²) in [6.45, 7) is 2.79. The molecule has 2 aromatic carbocycles. The molecule has 0 atom stereocenters. The number of nitrogens with one attached hydrogen (secondary N) is 1. The number of pyridine rings is 1. The van der Waals surface area contributed by atoms with E-state index in [0.717, 1.165) is 17.9 Å². The van der Waals surface area contributed by atoms with E-state index < -0.39 is 5.97 Å². The number of rotatable bonds is 6. The van der Waals surface area contributed by atoms with Gasteiger partial charge in [0.05, 0.1) is 12.7 Å². The molecular weight excluding hydrogens is 354 g/mol. The molecule has 0 aliphatic carbocycles. The fourth-order valence-corrected chi connectivity index (χ4v) is 2.87. The lowest BCUT2D eigenvalue weighted by molar-refractivity contribution is 0.0600. The van der Waals surface area contributed by atoms with Crippen LogP contribution in [0.2, 0.25) is 0 Å². The summed E-state index contributed by atoms with van der Waals surface area (Å²) in [5.74, 6) is -0.814. The second-order valence-electron chi connectivity index (χ2n) is 6.01. The van der Waals surface area contributed by atoms with Crippen molar-refractivity contribution in [1.82, 2.24) is 4.98 Å². The SMILES string of the molecule is CCN(c1ccccc1)c1ccnc(C(=O)Nc2cccc(C(=O)OC)c2)c1. The van der Waals surface area contributed by atoms with Crippen molar-refractivity contribution >= 4 is 28.9 Å². The van der Waals surface area contributed by atoms with Crippen LogP contribution in [-0.4, -0.2) is 30.5 Å². The first-order valence-electron chi connectivity index (χ1n) is 8.90. The van der Waals surface area contributed by atoms with Crippen molar-refractivity contribution in [2.45, 2.75) is 6.92 Å². The summed E-state index contributed by atoms with van der Waals surface area (Å²) in [5, 5.41) is 2.77. The number of hydrogen-bond acceptors (Lipinski definition) is 5. The fourth-order valence-electron chi connectivity index (χ4n) is 2.87. The molecule has 142 valence electrons. The highest BCUT2D eigenvalue weighted by atomic mass is 16.5.